The first kappa shape index (κ1) is 35.4. The standard InChI is InChI=1S/C34H53N3O5/c1-4-5-6-7-8-9-10-11-12-13-14-15-16-33(41-26-28-17-21-30(39-2)22-18-28)34(32(25-38)36-37-35)42-27-29-19-23-31(40-3)24-20-29/h17-24,32-34,38H,4-16,25-27H2,1-3H3/t32-,33+,34-/m0/s1. The van der Waals surface area contributed by atoms with Crippen LogP contribution in [0.15, 0.2) is 53.6 Å². The van der Waals surface area contributed by atoms with Gasteiger partial charge in [-0.2, -0.15) is 0 Å². The number of ether oxygens (including phenoxy) is 4. The van der Waals surface area contributed by atoms with Crippen LogP contribution in [-0.4, -0.2) is 44.2 Å². The predicted molar refractivity (Wildman–Crippen MR) is 169 cm³/mol. The summed E-state index contributed by atoms with van der Waals surface area (Å²) in [6, 6.07) is 14.7. The van der Waals surface area contributed by atoms with E-state index in [1.807, 2.05) is 48.5 Å². The molecule has 0 aliphatic rings. The second-order valence-electron chi connectivity index (χ2n) is 11.0. The van der Waals surface area contributed by atoms with E-state index in [1.54, 1.807) is 14.2 Å². The number of nitrogens with zero attached hydrogens (tertiary/aromatic N) is 3. The van der Waals surface area contributed by atoms with Crippen molar-refractivity contribution in [2.24, 2.45) is 5.11 Å². The van der Waals surface area contributed by atoms with E-state index in [0.717, 1.165) is 41.9 Å². The van der Waals surface area contributed by atoms with Crippen molar-refractivity contribution in [1.29, 1.82) is 0 Å². The summed E-state index contributed by atoms with van der Waals surface area (Å²) in [5, 5.41) is 14.0. The van der Waals surface area contributed by atoms with Crippen LogP contribution in [0.5, 0.6) is 11.5 Å². The highest BCUT2D eigenvalue weighted by molar-refractivity contribution is 5.27. The van der Waals surface area contributed by atoms with Gasteiger partial charge in [0.1, 0.15) is 11.5 Å². The molecule has 0 aromatic heterocycles. The third-order valence-electron chi connectivity index (χ3n) is 7.70. The van der Waals surface area contributed by atoms with E-state index in [1.165, 1.54) is 64.2 Å². The average Bonchev–Trinajstić information content (AvgIpc) is 3.03. The van der Waals surface area contributed by atoms with Gasteiger partial charge in [-0.25, -0.2) is 0 Å². The highest BCUT2D eigenvalue weighted by Gasteiger charge is 2.30. The number of methoxy groups -OCH3 is 2. The van der Waals surface area contributed by atoms with Crippen LogP contribution >= 0.6 is 0 Å². The van der Waals surface area contributed by atoms with Crippen molar-refractivity contribution in [1.82, 2.24) is 0 Å². The second-order valence-corrected chi connectivity index (χ2v) is 11.0. The highest BCUT2D eigenvalue weighted by atomic mass is 16.5. The van der Waals surface area contributed by atoms with Crippen molar-refractivity contribution in [3.8, 4) is 11.5 Å². The Hall–Kier alpha value is -2.77. The molecule has 2 aromatic carbocycles. The van der Waals surface area contributed by atoms with Crippen LogP contribution in [0.2, 0.25) is 0 Å². The summed E-state index contributed by atoms with van der Waals surface area (Å²) in [5.41, 5.74) is 11.2. The van der Waals surface area contributed by atoms with Crippen molar-refractivity contribution in [2.75, 3.05) is 20.8 Å². The number of hydrogen-bond acceptors (Lipinski definition) is 6. The Labute approximate surface area is 253 Å². The number of hydrogen-bond donors (Lipinski definition) is 1. The maximum atomic E-state index is 10.1. The van der Waals surface area contributed by atoms with Gasteiger partial charge in [0.15, 0.2) is 0 Å². The molecule has 0 spiro atoms. The van der Waals surface area contributed by atoms with Crippen LogP contribution < -0.4 is 9.47 Å². The molecular weight excluding hydrogens is 530 g/mol. The Morgan fingerprint density at radius 2 is 1.14 bits per heavy atom. The van der Waals surface area contributed by atoms with Gasteiger partial charge in [0, 0.05) is 4.91 Å². The summed E-state index contributed by atoms with van der Waals surface area (Å²) in [6.45, 7) is 2.62. The number of aliphatic hydroxyl groups is 1. The summed E-state index contributed by atoms with van der Waals surface area (Å²) in [5.74, 6) is 1.56. The van der Waals surface area contributed by atoms with Gasteiger partial charge in [-0.15, -0.1) is 0 Å². The van der Waals surface area contributed by atoms with Crippen LogP contribution in [0.1, 0.15) is 102 Å². The van der Waals surface area contributed by atoms with E-state index in [9.17, 15) is 10.6 Å². The van der Waals surface area contributed by atoms with E-state index >= 15 is 0 Å². The SMILES string of the molecule is CCCCCCCCCCCCCC[C@@H](OCc1ccc(OC)cc1)[C@@H](OCc1ccc(OC)cc1)[C@H](CO)N=[N+]=[N-]. The monoisotopic (exact) mass is 583 g/mol. The van der Waals surface area contributed by atoms with E-state index in [4.69, 9.17) is 18.9 Å². The maximum Gasteiger partial charge on any atom is 0.118 e. The first-order chi connectivity index (χ1) is 20.6. The van der Waals surface area contributed by atoms with Gasteiger partial charge in [-0.3, -0.25) is 0 Å². The fraction of sp³-hybridized carbons (Fsp3) is 0.647. The molecule has 0 aliphatic heterocycles. The number of benzene rings is 2. The molecule has 0 saturated heterocycles. The van der Waals surface area contributed by atoms with Crippen LogP contribution in [0, 0.1) is 0 Å². The zero-order valence-corrected chi connectivity index (χ0v) is 26.1. The summed E-state index contributed by atoms with van der Waals surface area (Å²) >= 11 is 0. The number of unbranched alkanes of at least 4 members (excludes halogenated alkanes) is 11. The fourth-order valence-corrected chi connectivity index (χ4v) is 5.11. The maximum absolute atomic E-state index is 10.1. The molecule has 2 aromatic rings. The third-order valence-corrected chi connectivity index (χ3v) is 7.70. The lowest BCUT2D eigenvalue weighted by Gasteiger charge is -2.31. The number of rotatable bonds is 25. The summed E-state index contributed by atoms with van der Waals surface area (Å²) in [7, 11) is 3.28. The Kier molecular flexibility index (Phi) is 19.2. The molecule has 0 amide bonds. The van der Waals surface area contributed by atoms with Gasteiger partial charge in [0.2, 0.25) is 0 Å². The molecule has 0 fully saturated rings. The van der Waals surface area contributed by atoms with Gasteiger partial charge in [-0.05, 0) is 47.3 Å². The Bertz CT molecular complexity index is 980. The van der Waals surface area contributed by atoms with Crippen LogP contribution in [-0.2, 0) is 22.7 Å². The molecule has 8 nitrogen and oxygen atoms in total. The van der Waals surface area contributed by atoms with E-state index < -0.39 is 12.1 Å². The molecule has 0 aliphatic carbocycles. The molecular formula is C34H53N3O5. The summed E-state index contributed by atoms with van der Waals surface area (Å²) in [4.78, 5) is 2.99. The zero-order valence-electron chi connectivity index (χ0n) is 26.1. The molecule has 0 heterocycles. The van der Waals surface area contributed by atoms with Crippen molar-refractivity contribution in [3.05, 3.63) is 70.1 Å². The summed E-state index contributed by atoms with van der Waals surface area (Å²) in [6.07, 6.45) is 15.1. The first-order valence-electron chi connectivity index (χ1n) is 15.8. The van der Waals surface area contributed by atoms with E-state index in [-0.39, 0.29) is 12.7 Å². The Morgan fingerprint density at radius 3 is 1.57 bits per heavy atom. The molecule has 0 bridgehead atoms. The smallest absolute Gasteiger partial charge is 0.118 e. The normalized spacial score (nSPS) is 13.2. The molecule has 234 valence electrons. The minimum atomic E-state index is -0.758. The predicted octanol–water partition coefficient (Wildman–Crippen LogP) is 8.94. The molecule has 0 unspecified atom stereocenters. The van der Waals surface area contributed by atoms with Gasteiger partial charge in [0.05, 0.1) is 52.3 Å². The van der Waals surface area contributed by atoms with Crippen LogP contribution in [0.3, 0.4) is 0 Å². The molecule has 2 rings (SSSR count). The quantitative estimate of drug-likeness (QED) is 0.0543. The number of azide groups is 1. The van der Waals surface area contributed by atoms with Crippen molar-refractivity contribution in [2.45, 2.75) is 122 Å². The lowest BCUT2D eigenvalue weighted by Crippen LogP contribution is -2.42. The van der Waals surface area contributed by atoms with Crippen molar-refractivity contribution in [3.63, 3.8) is 0 Å². The molecule has 8 heteroatoms. The fourth-order valence-electron chi connectivity index (χ4n) is 5.11. The molecule has 1 N–H and O–H groups in total. The van der Waals surface area contributed by atoms with Gasteiger partial charge < -0.3 is 24.1 Å². The topological polar surface area (TPSA) is 106 Å². The molecule has 0 radical (unpaired) electrons. The van der Waals surface area contributed by atoms with Gasteiger partial charge in [-0.1, -0.05) is 113 Å². The van der Waals surface area contributed by atoms with Gasteiger partial charge in [0.25, 0.3) is 0 Å². The number of aliphatic hydroxyl groups excluding tert-OH is 1. The third kappa shape index (κ3) is 14.4. The van der Waals surface area contributed by atoms with Crippen molar-refractivity contribution >= 4 is 0 Å². The lowest BCUT2D eigenvalue weighted by atomic mass is 9.99. The Balaban J connectivity index is 1.98. The van der Waals surface area contributed by atoms with E-state index in [2.05, 4.69) is 16.9 Å². The highest BCUT2D eigenvalue weighted by Crippen LogP contribution is 2.23. The van der Waals surface area contributed by atoms with Crippen molar-refractivity contribution < 1.29 is 24.1 Å². The molecule has 0 saturated carbocycles. The average molecular weight is 584 g/mol. The second kappa shape index (κ2) is 22.8. The Morgan fingerprint density at radius 1 is 0.690 bits per heavy atom. The minimum absolute atomic E-state index is 0.299. The van der Waals surface area contributed by atoms with Crippen LogP contribution in [0.25, 0.3) is 10.4 Å². The largest absolute Gasteiger partial charge is 0.497 e. The van der Waals surface area contributed by atoms with E-state index in [0.29, 0.717) is 13.2 Å². The van der Waals surface area contributed by atoms with Crippen LogP contribution in [0.4, 0.5) is 0 Å². The molecule has 42 heavy (non-hydrogen) atoms. The first-order valence-corrected chi connectivity index (χ1v) is 15.8. The summed E-state index contributed by atoms with van der Waals surface area (Å²) < 4.78 is 23.3. The van der Waals surface area contributed by atoms with Gasteiger partial charge >= 0.3 is 0 Å². The molecule has 3 atom stereocenters. The minimum Gasteiger partial charge on any atom is -0.497 e. The zero-order chi connectivity index (χ0) is 30.3. The lowest BCUT2D eigenvalue weighted by molar-refractivity contribution is -0.104.